The Labute approximate surface area is 167 Å². The number of carbonyl (C=O) groups is 1. The highest BCUT2D eigenvalue weighted by Crippen LogP contribution is 2.16. The first kappa shape index (κ1) is 18.9. The van der Waals surface area contributed by atoms with E-state index < -0.39 is 0 Å². The summed E-state index contributed by atoms with van der Waals surface area (Å²) in [5.74, 6) is 0.602. The van der Waals surface area contributed by atoms with Crippen LogP contribution in [-0.4, -0.2) is 40.7 Å². The zero-order valence-corrected chi connectivity index (χ0v) is 16.1. The molecule has 0 unspecified atom stereocenters. The summed E-state index contributed by atoms with van der Waals surface area (Å²) in [6.07, 6.45) is 2.20. The van der Waals surface area contributed by atoms with Gasteiger partial charge in [0.1, 0.15) is 5.82 Å². The summed E-state index contributed by atoms with van der Waals surface area (Å²) in [7, 11) is 1.58. The number of methoxy groups -OCH3 is 1. The van der Waals surface area contributed by atoms with E-state index in [0.29, 0.717) is 42.5 Å². The molecule has 148 valence electrons. The van der Waals surface area contributed by atoms with E-state index in [1.54, 1.807) is 31.5 Å². The molecule has 4 rings (SSSR count). The second-order valence-electron chi connectivity index (χ2n) is 6.79. The molecule has 4 aromatic rings. The fourth-order valence-electron chi connectivity index (χ4n) is 3.39. The number of benzene rings is 2. The summed E-state index contributed by atoms with van der Waals surface area (Å²) in [6.45, 7) is 1.22. The first-order valence-electron chi connectivity index (χ1n) is 9.50. The summed E-state index contributed by atoms with van der Waals surface area (Å²) in [5, 5.41) is 4.11. The fourth-order valence-corrected chi connectivity index (χ4v) is 3.39. The maximum atomic E-state index is 12.9. The molecule has 0 aliphatic carbocycles. The van der Waals surface area contributed by atoms with Gasteiger partial charge in [0.25, 0.3) is 11.5 Å². The van der Waals surface area contributed by atoms with Crippen molar-refractivity contribution in [2.24, 2.45) is 0 Å². The monoisotopic (exact) mass is 390 g/mol. The van der Waals surface area contributed by atoms with Gasteiger partial charge in [-0.15, -0.1) is 0 Å². The van der Waals surface area contributed by atoms with Gasteiger partial charge in [0.2, 0.25) is 0 Å². The molecule has 0 atom stereocenters. The van der Waals surface area contributed by atoms with Crippen LogP contribution in [0.4, 0.5) is 0 Å². The van der Waals surface area contributed by atoms with Crippen LogP contribution in [0.5, 0.6) is 0 Å². The van der Waals surface area contributed by atoms with Gasteiger partial charge >= 0.3 is 0 Å². The number of nitrogens with zero attached hydrogens (tertiary/aromatic N) is 2. The van der Waals surface area contributed by atoms with Crippen LogP contribution in [0.25, 0.3) is 21.8 Å². The van der Waals surface area contributed by atoms with Crippen LogP contribution < -0.4 is 10.9 Å². The zero-order valence-electron chi connectivity index (χ0n) is 16.1. The number of carbonyl (C=O) groups excluding carboxylic acids is 1. The van der Waals surface area contributed by atoms with E-state index in [2.05, 4.69) is 15.3 Å². The number of aromatic nitrogens is 3. The third-order valence-corrected chi connectivity index (χ3v) is 4.86. The van der Waals surface area contributed by atoms with Crippen LogP contribution in [0.3, 0.4) is 0 Å². The maximum Gasteiger partial charge on any atom is 0.258 e. The smallest absolute Gasteiger partial charge is 0.258 e. The third kappa shape index (κ3) is 3.90. The lowest BCUT2D eigenvalue weighted by Gasteiger charge is -2.12. The lowest BCUT2D eigenvalue weighted by atomic mass is 10.1. The van der Waals surface area contributed by atoms with Crippen molar-refractivity contribution in [3.05, 3.63) is 76.5 Å². The second-order valence-corrected chi connectivity index (χ2v) is 6.79. The van der Waals surface area contributed by atoms with Crippen LogP contribution in [0.1, 0.15) is 16.2 Å². The molecule has 2 aromatic carbocycles. The van der Waals surface area contributed by atoms with Gasteiger partial charge in [0, 0.05) is 43.6 Å². The quantitative estimate of drug-likeness (QED) is 0.507. The Morgan fingerprint density at radius 3 is 2.69 bits per heavy atom. The number of fused-ring (bicyclic) bond motifs is 2. The van der Waals surface area contributed by atoms with E-state index >= 15 is 0 Å². The molecule has 0 saturated carbocycles. The molecule has 7 nitrogen and oxygen atoms in total. The number of pyridine rings is 1. The summed E-state index contributed by atoms with van der Waals surface area (Å²) in [4.78, 5) is 33.3. The highest BCUT2D eigenvalue weighted by atomic mass is 16.5. The maximum absolute atomic E-state index is 12.9. The van der Waals surface area contributed by atoms with Gasteiger partial charge in [0.15, 0.2) is 0 Å². The third-order valence-electron chi connectivity index (χ3n) is 4.86. The van der Waals surface area contributed by atoms with Crippen molar-refractivity contribution in [1.82, 2.24) is 19.9 Å². The Kier molecular flexibility index (Phi) is 5.39. The van der Waals surface area contributed by atoms with Gasteiger partial charge in [-0.05, 0) is 18.2 Å². The van der Waals surface area contributed by atoms with Gasteiger partial charge in [-0.25, -0.2) is 4.98 Å². The van der Waals surface area contributed by atoms with Crippen molar-refractivity contribution in [3.63, 3.8) is 0 Å². The minimum absolute atomic E-state index is 0.128. The fraction of sp³-hybridized carbons (Fsp3) is 0.227. The number of para-hydroxylation sites is 2. The Bertz CT molecular complexity index is 1190. The average Bonchev–Trinajstić information content (AvgIpc) is 3.16. The topological polar surface area (TPSA) is 89.0 Å². The van der Waals surface area contributed by atoms with E-state index in [0.717, 1.165) is 16.9 Å². The number of hydrogen-bond acceptors (Lipinski definition) is 4. The van der Waals surface area contributed by atoms with Gasteiger partial charge < -0.3 is 19.6 Å². The number of H-pyrrole nitrogens is 1. The second kappa shape index (κ2) is 8.28. The van der Waals surface area contributed by atoms with E-state index in [1.165, 1.54) is 4.57 Å². The number of imidazole rings is 1. The molecule has 2 N–H and O–H groups in total. The molecule has 7 heteroatoms. The molecule has 0 bridgehead atoms. The van der Waals surface area contributed by atoms with Crippen LogP contribution in [-0.2, 0) is 17.7 Å². The van der Waals surface area contributed by atoms with Crippen molar-refractivity contribution >= 4 is 27.7 Å². The molecule has 1 amide bonds. The largest absolute Gasteiger partial charge is 0.383 e. The molecular weight excluding hydrogens is 368 g/mol. The van der Waals surface area contributed by atoms with Crippen LogP contribution in [0, 0.1) is 0 Å². The number of aromatic amines is 1. The van der Waals surface area contributed by atoms with E-state index in [4.69, 9.17) is 4.74 Å². The van der Waals surface area contributed by atoms with Crippen LogP contribution >= 0.6 is 0 Å². The molecule has 2 heterocycles. The van der Waals surface area contributed by atoms with Crippen LogP contribution in [0.15, 0.2) is 59.5 Å². The van der Waals surface area contributed by atoms with Gasteiger partial charge in [-0.1, -0.05) is 30.3 Å². The molecular formula is C22H22N4O3. The van der Waals surface area contributed by atoms with Crippen LogP contribution in [0.2, 0.25) is 0 Å². The number of ether oxygens (including phenoxy) is 1. The van der Waals surface area contributed by atoms with Crippen molar-refractivity contribution < 1.29 is 9.53 Å². The molecule has 0 saturated heterocycles. The van der Waals surface area contributed by atoms with Crippen molar-refractivity contribution in [3.8, 4) is 0 Å². The number of amides is 1. The first-order valence-corrected chi connectivity index (χ1v) is 9.50. The Morgan fingerprint density at radius 1 is 1.14 bits per heavy atom. The van der Waals surface area contributed by atoms with E-state index in [9.17, 15) is 9.59 Å². The lowest BCUT2D eigenvalue weighted by Crippen LogP contribution is -2.29. The number of nitrogens with one attached hydrogen (secondary N) is 2. The predicted molar refractivity (Wildman–Crippen MR) is 112 cm³/mol. The summed E-state index contributed by atoms with van der Waals surface area (Å²) < 4.78 is 6.61. The molecule has 0 spiro atoms. The summed E-state index contributed by atoms with van der Waals surface area (Å²) in [6, 6.07) is 15.0. The Hall–Kier alpha value is -3.45. The molecule has 0 aliphatic rings. The van der Waals surface area contributed by atoms with E-state index in [1.807, 2.05) is 30.3 Å². The number of hydrogen-bond donors (Lipinski definition) is 2. The van der Waals surface area contributed by atoms with Gasteiger partial charge in [-0.3, -0.25) is 9.59 Å². The summed E-state index contributed by atoms with van der Waals surface area (Å²) >= 11 is 0. The predicted octanol–water partition coefficient (Wildman–Crippen LogP) is 2.50. The zero-order chi connectivity index (χ0) is 20.2. The highest BCUT2D eigenvalue weighted by molar-refractivity contribution is 6.06. The molecule has 0 aliphatic heterocycles. The normalized spacial score (nSPS) is 11.2. The molecule has 0 fully saturated rings. The van der Waals surface area contributed by atoms with Gasteiger partial charge in [0.05, 0.1) is 23.2 Å². The Morgan fingerprint density at radius 2 is 1.90 bits per heavy atom. The minimum atomic E-state index is -0.219. The SMILES string of the molecule is COCCn1cc(C(=O)NCCc2nc3ccccc3[nH]2)c2ccccc2c1=O. The lowest BCUT2D eigenvalue weighted by molar-refractivity contribution is 0.0954. The standard InChI is InChI=1S/C22H22N4O3/c1-29-13-12-26-14-17(15-6-2-3-7-16(15)22(26)28)21(27)23-11-10-20-24-18-8-4-5-9-19(18)25-20/h2-9,14H,10-13H2,1H3,(H,23,27)(H,24,25). The average molecular weight is 390 g/mol. The molecule has 29 heavy (non-hydrogen) atoms. The number of rotatable bonds is 7. The minimum Gasteiger partial charge on any atom is -0.383 e. The first-order chi connectivity index (χ1) is 14.2. The highest BCUT2D eigenvalue weighted by Gasteiger charge is 2.14. The van der Waals surface area contributed by atoms with Gasteiger partial charge in [-0.2, -0.15) is 0 Å². The van der Waals surface area contributed by atoms with Crippen molar-refractivity contribution in [1.29, 1.82) is 0 Å². The van der Waals surface area contributed by atoms with Crippen molar-refractivity contribution in [2.75, 3.05) is 20.3 Å². The Balaban J connectivity index is 1.54. The molecule has 0 radical (unpaired) electrons. The van der Waals surface area contributed by atoms with E-state index in [-0.39, 0.29) is 11.5 Å². The molecule has 2 aromatic heterocycles. The summed E-state index contributed by atoms with van der Waals surface area (Å²) in [5.41, 5.74) is 2.23. The van der Waals surface area contributed by atoms with Crippen molar-refractivity contribution in [2.45, 2.75) is 13.0 Å².